The normalized spacial score (nSPS) is 18.1. The van der Waals surface area contributed by atoms with Gasteiger partial charge in [0, 0.05) is 25.9 Å². The summed E-state index contributed by atoms with van der Waals surface area (Å²) in [5.74, 6) is -0.406. The van der Waals surface area contributed by atoms with Crippen molar-refractivity contribution in [2.45, 2.75) is 50.6 Å². The van der Waals surface area contributed by atoms with Gasteiger partial charge in [-0.3, -0.25) is 19.2 Å². The number of hydrogen-bond acceptors (Lipinski definition) is 6. The van der Waals surface area contributed by atoms with Gasteiger partial charge in [0.15, 0.2) is 0 Å². The maximum atomic E-state index is 13.3. The molecule has 1 heterocycles. The minimum Gasteiger partial charge on any atom is -0.497 e. The number of methoxy groups -OCH3 is 1. The van der Waals surface area contributed by atoms with E-state index in [9.17, 15) is 19.2 Å². The van der Waals surface area contributed by atoms with Gasteiger partial charge < -0.3 is 30.7 Å². The van der Waals surface area contributed by atoms with Crippen molar-refractivity contribution in [3.63, 3.8) is 0 Å². The number of rotatable bonds is 8. The van der Waals surface area contributed by atoms with Crippen LogP contribution in [-0.2, 0) is 27.2 Å². The molecule has 44 heavy (non-hydrogen) atoms. The summed E-state index contributed by atoms with van der Waals surface area (Å²) in [4.78, 5) is 52.8. The first kappa shape index (κ1) is 32.1. The van der Waals surface area contributed by atoms with Crippen LogP contribution in [0.5, 0.6) is 11.5 Å². The molecule has 10 nitrogen and oxygen atoms in total. The largest absolute Gasteiger partial charge is 0.497 e. The molecule has 0 fully saturated rings. The zero-order valence-electron chi connectivity index (χ0n) is 25.0. The van der Waals surface area contributed by atoms with E-state index in [1.54, 1.807) is 31.4 Å². The Morgan fingerprint density at radius 1 is 0.955 bits per heavy atom. The summed E-state index contributed by atoms with van der Waals surface area (Å²) in [5.41, 5.74) is 2.27. The number of ether oxygens (including phenoxy) is 2. The molecule has 1 aliphatic heterocycles. The summed E-state index contributed by atoms with van der Waals surface area (Å²) in [7, 11) is 1.62. The summed E-state index contributed by atoms with van der Waals surface area (Å²) in [6.45, 7) is 0.986. The Hall–Kier alpha value is -4.86. The molecule has 10 heteroatoms. The second-order valence-corrected chi connectivity index (χ2v) is 10.6. The third kappa shape index (κ3) is 9.86. The molecular weight excluding hydrogens is 560 g/mol. The Labute approximate surface area is 257 Å². The fourth-order valence-corrected chi connectivity index (χ4v) is 4.93. The van der Waals surface area contributed by atoms with Crippen molar-refractivity contribution < 1.29 is 28.7 Å². The van der Waals surface area contributed by atoms with Gasteiger partial charge in [0.2, 0.25) is 17.7 Å². The Balaban J connectivity index is 1.45. The number of benzene rings is 3. The SMILES string of the molecule is COc1cccc(CCCNC(=O)[C@@H]2CCC(=O)NC(Cc3ccccc3)C(=O)NCCCOc3ccccc3C(=O)N2)c1. The van der Waals surface area contributed by atoms with Crippen LogP contribution >= 0.6 is 0 Å². The second-order valence-electron chi connectivity index (χ2n) is 10.6. The highest BCUT2D eigenvalue weighted by Crippen LogP contribution is 2.19. The predicted molar refractivity (Wildman–Crippen MR) is 166 cm³/mol. The molecule has 0 spiro atoms. The van der Waals surface area contributed by atoms with Gasteiger partial charge in [-0.1, -0.05) is 54.6 Å². The Bertz CT molecular complexity index is 1410. The maximum Gasteiger partial charge on any atom is 0.255 e. The van der Waals surface area contributed by atoms with Crippen molar-refractivity contribution in [3.05, 3.63) is 95.6 Å². The molecule has 1 unspecified atom stereocenters. The lowest BCUT2D eigenvalue weighted by atomic mass is 10.0. The van der Waals surface area contributed by atoms with Crippen LogP contribution in [0.25, 0.3) is 0 Å². The lowest BCUT2D eigenvalue weighted by molar-refractivity contribution is -0.129. The van der Waals surface area contributed by atoms with Gasteiger partial charge in [-0.2, -0.15) is 0 Å². The summed E-state index contributed by atoms with van der Waals surface area (Å²) < 4.78 is 11.2. The Kier molecular flexibility index (Phi) is 12.2. The smallest absolute Gasteiger partial charge is 0.255 e. The minimum absolute atomic E-state index is 0.0436. The molecule has 232 valence electrons. The van der Waals surface area contributed by atoms with E-state index in [0.717, 1.165) is 23.3 Å². The van der Waals surface area contributed by atoms with Crippen LogP contribution in [0.15, 0.2) is 78.9 Å². The van der Waals surface area contributed by atoms with Crippen LogP contribution in [0.2, 0.25) is 0 Å². The number of amides is 4. The van der Waals surface area contributed by atoms with E-state index in [-0.39, 0.29) is 36.8 Å². The first-order valence-corrected chi connectivity index (χ1v) is 15.0. The first-order chi connectivity index (χ1) is 21.4. The van der Waals surface area contributed by atoms with Gasteiger partial charge in [0.25, 0.3) is 5.91 Å². The molecule has 0 aromatic heterocycles. The van der Waals surface area contributed by atoms with E-state index in [4.69, 9.17) is 9.47 Å². The number of hydrogen-bond donors (Lipinski definition) is 4. The second kappa shape index (κ2) is 16.7. The van der Waals surface area contributed by atoms with Crippen molar-refractivity contribution in [1.29, 1.82) is 0 Å². The van der Waals surface area contributed by atoms with E-state index in [2.05, 4.69) is 21.3 Å². The summed E-state index contributed by atoms with van der Waals surface area (Å²) in [6.07, 6.45) is 2.19. The first-order valence-electron chi connectivity index (χ1n) is 15.0. The molecule has 4 rings (SSSR count). The van der Waals surface area contributed by atoms with Crippen LogP contribution in [0.4, 0.5) is 0 Å². The molecule has 0 saturated heterocycles. The van der Waals surface area contributed by atoms with E-state index < -0.39 is 23.9 Å². The van der Waals surface area contributed by atoms with E-state index in [0.29, 0.717) is 38.1 Å². The Morgan fingerprint density at radius 2 is 1.73 bits per heavy atom. The minimum atomic E-state index is -0.979. The maximum absolute atomic E-state index is 13.3. The third-order valence-corrected chi connectivity index (χ3v) is 7.30. The van der Waals surface area contributed by atoms with Crippen LogP contribution in [0.1, 0.15) is 47.2 Å². The van der Waals surface area contributed by atoms with Crippen molar-refractivity contribution in [3.8, 4) is 11.5 Å². The molecule has 0 aliphatic carbocycles. The number of para-hydroxylation sites is 1. The third-order valence-electron chi connectivity index (χ3n) is 7.30. The molecular formula is C34H40N4O6. The topological polar surface area (TPSA) is 135 Å². The fraction of sp³-hybridized carbons (Fsp3) is 0.353. The van der Waals surface area contributed by atoms with E-state index in [1.807, 2.05) is 54.6 Å². The monoisotopic (exact) mass is 600 g/mol. The van der Waals surface area contributed by atoms with Crippen molar-refractivity contribution >= 4 is 23.6 Å². The zero-order valence-corrected chi connectivity index (χ0v) is 25.0. The van der Waals surface area contributed by atoms with Gasteiger partial charge in [0.1, 0.15) is 23.6 Å². The molecule has 4 amide bonds. The lowest BCUT2D eigenvalue weighted by Gasteiger charge is -2.22. The quantitative estimate of drug-likeness (QED) is 0.294. The van der Waals surface area contributed by atoms with E-state index >= 15 is 0 Å². The number of aryl methyl sites for hydroxylation is 1. The molecule has 4 N–H and O–H groups in total. The number of fused-ring (bicyclic) bond motifs is 1. The zero-order chi connectivity index (χ0) is 31.1. The van der Waals surface area contributed by atoms with Gasteiger partial charge in [0.05, 0.1) is 19.3 Å². The number of carbonyl (C=O) groups is 4. The van der Waals surface area contributed by atoms with E-state index in [1.165, 1.54) is 0 Å². The highest BCUT2D eigenvalue weighted by atomic mass is 16.5. The van der Waals surface area contributed by atoms with Gasteiger partial charge in [-0.15, -0.1) is 0 Å². The highest BCUT2D eigenvalue weighted by Gasteiger charge is 2.26. The molecule has 3 aromatic rings. The average molecular weight is 601 g/mol. The van der Waals surface area contributed by atoms with Crippen molar-refractivity contribution in [2.75, 3.05) is 26.8 Å². The molecule has 3 aromatic carbocycles. The molecule has 0 bridgehead atoms. The summed E-state index contributed by atoms with van der Waals surface area (Å²) >= 11 is 0. The summed E-state index contributed by atoms with van der Waals surface area (Å²) in [5, 5.41) is 11.4. The summed E-state index contributed by atoms with van der Waals surface area (Å²) in [6, 6.07) is 22.2. The van der Waals surface area contributed by atoms with Crippen LogP contribution in [-0.4, -0.2) is 62.5 Å². The highest BCUT2D eigenvalue weighted by molar-refractivity contribution is 5.99. The number of nitrogens with one attached hydrogen (secondary N) is 4. The molecule has 2 atom stereocenters. The van der Waals surface area contributed by atoms with Gasteiger partial charge >= 0.3 is 0 Å². The number of carbonyl (C=O) groups excluding carboxylic acids is 4. The van der Waals surface area contributed by atoms with Gasteiger partial charge in [-0.05, 0) is 61.1 Å². The predicted octanol–water partition coefficient (Wildman–Crippen LogP) is 2.95. The van der Waals surface area contributed by atoms with Crippen LogP contribution in [0, 0.1) is 0 Å². The van der Waals surface area contributed by atoms with Crippen molar-refractivity contribution in [1.82, 2.24) is 21.3 Å². The fourth-order valence-electron chi connectivity index (χ4n) is 4.93. The average Bonchev–Trinajstić information content (AvgIpc) is 3.04. The molecule has 1 aliphatic rings. The van der Waals surface area contributed by atoms with Crippen molar-refractivity contribution in [2.24, 2.45) is 0 Å². The van der Waals surface area contributed by atoms with Crippen LogP contribution in [0.3, 0.4) is 0 Å². The lowest BCUT2D eigenvalue weighted by Crippen LogP contribution is -2.50. The molecule has 0 saturated carbocycles. The molecule has 0 radical (unpaired) electrons. The van der Waals surface area contributed by atoms with Crippen LogP contribution < -0.4 is 30.7 Å². The van der Waals surface area contributed by atoms with Gasteiger partial charge in [-0.25, -0.2) is 0 Å². The Morgan fingerprint density at radius 3 is 2.55 bits per heavy atom. The standard InChI is InChI=1S/C34H40N4O6/c1-43-26-14-7-12-24(22-26)13-8-19-35-33(41)28-17-18-31(39)37-29(23-25-10-3-2-4-11-25)34(42)36-20-9-21-44-30-16-6-5-15-27(30)32(40)38-28/h2-7,10-12,14-16,22,28-29H,8-9,13,17-21,23H2,1H3,(H,35,41)(H,36,42)(H,37,39)(H,38,40)/t28-,29?/m0/s1.